The van der Waals surface area contributed by atoms with Gasteiger partial charge in [0.25, 0.3) is 0 Å². The Morgan fingerprint density at radius 2 is 2.00 bits per heavy atom. The first-order chi connectivity index (χ1) is 9.10. The summed E-state index contributed by atoms with van der Waals surface area (Å²) in [5, 5.41) is 6.03. The molecule has 0 atom stereocenters. The molecule has 0 fully saturated rings. The second kappa shape index (κ2) is 6.57. The molecule has 3 nitrogen and oxygen atoms in total. The van der Waals surface area contributed by atoms with E-state index in [2.05, 4.69) is 10.3 Å². The molecule has 0 unspecified atom stereocenters. The van der Waals surface area contributed by atoms with Gasteiger partial charge < -0.3 is 5.32 Å². The number of nitrogens with zero attached hydrogens (tertiary/aromatic N) is 1. The summed E-state index contributed by atoms with van der Waals surface area (Å²) in [6.45, 7) is 0. The third-order valence-electron chi connectivity index (χ3n) is 2.28. The summed E-state index contributed by atoms with van der Waals surface area (Å²) in [5.41, 5.74) is 1.19. The van der Waals surface area contributed by atoms with E-state index in [9.17, 15) is 4.79 Å². The molecule has 0 aliphatic carbocycles. The predicted molar refractivity (Wildman–Crippen MR) is 80.5 cm³/mol. The first-order valence-corrected chi connectivity index (χ1v) is 7.50. The minimum Gasteiger partial charge on any atom is -0.323 e. The van der Waals surface area contributed by atoms with Crippen LogP contribution in [0.1, 0.15) is 10.7 Å². The number of rotatable bonds is 4. The lowest BCUT2D eigenvalue weighted by Gasteiger charge is -2.08. The van der Waals surface area contributed by atoms with Crippen molar-refractivity contribution in [3.63, 3.8) is 0 Å². The molecule has 0 saturated heterocycles. The van der Waals surface area contributed by atoms with Crippen LogP contribution in [-0.2, 0) is 17.1 Å². The van der Waals surface area contributed by atoms with Crippen LogP contribution in [0.25, 0.3) is 0 Å². The van der Waals surface area contributed by atoms with Gasteiger partial charge in [0.05, 0.1) is 33.7 Å². The van der Waals surface area contributed by atoms with Gasteiger partial charge in [0.1, 0.15) is 5.01 Å². The molecular formula is C12H9Cl3N2OS. The number of thiazole rings is 1. The number of alkyl halides is 1. The van der Waals surface area contributed by atoms with E-state index in [1.165, 1.54) is 11.3 Å². The minimum atomic E-state index is -0.217. The van der Waals surface area contributed by atoms with Gasteiger partial charge in [-0.2, -0.15) is 0 Å². The SMILES string of the molecule is O=C(Cc1nc(CCl)cs1)Nc1c(Cl)cccc1Cl. The number of para-hydroxylation sites is 1. The van der Waals surface area contributed by atoms with Crippen LogP contribution in [0, 0.1) is 0 Å². The Morgan fingerprint density at radius 1 is 1.32 bits per heavy atom. The number of hydrogen-bond donors (Lipinski definition) is 1. The second-order valence-corrected chi connectivity index (χ2v) is 5.71. The Hall–Kier alpha value is -0.810. The molecule has 1 amide bonds. The van der Waals surface area contributed by atoms with E-state index in [4.69, 9.17) is 34.8 Å². The predicted octanol–water partition coefficient (Wildman–Crippen LogP) is 4.37. The van der Waals surface area contributed by atoms with Crippen LogP contribution in [0.2, 0.25) is 10.0 Å². The van der Waals surface area contributed by atoms with Crippen molar-refractivity contribution >= 4 is 57.7 Å². The fraction of sp³-hybridized carbons (Fsp3) is 0.167. The quantitative estimate of drug-likeness (QED) is 0.843. The molecule has 2 rings (SSSR count). The Labute approximate surface area is 129 Å². The van der Waals surface area contributed by atoms with Gasteiger partial charge in [-0.3, -0.25) is 4.79 Å². The maximum atomic E-state index is 11.9. The van der Waals surface area contributed by atoms with E-state index in [0.29, 0.717) is 26.6 Å². The van der Waals surface area contributed by atoms with Crippen LogP contribution in [0.3, 0.4) is 0 Å². The van der Waals surface area contributed by atoms with Crippen molar-refractivity contribution in [1.82, 2.24) is 4.98 Å². The van der Waals surface area contributed by atoms with E-state index in [1.54, 1.807) is 18.2 Å². The van der Waals surface area contributed by atoms with Crippen molar-refractivity contribution in [2.24, 2.45) is 0 Å². The molecule has 1 heterocycles. The molecule has 7 heteroatoms. The number of hydrogen-bond acceptors (Lipinski definition) is 3. The number of halogens is 3. The number of carbonyl (C=O) groups is 1. The van der Waals surface area contributed by atoms with Gasteiger partial charge in [-0.15, -0.1) is 22.9 Å². The number of nitrogens with one attached hydrogen (secondary N) is 1. The molecular weight excluding hydrogens is 327 g/mol. The van der Waals surface area contributed by atoms with E-state index in [0.717, 1.165) is 5.69 Å². The Bertz CT molecular complexity index is 580. The standard InChI is InChI=1S/C12H9Cl3N2OS/c13-5-7-6-19-11(16-7)4-10(18)17-12-8(14)2-1-3-9(12)15/h1-3,6H,4-5H2,(H,17,18). The zero-order valence-electron chi connectivity index (χ0n) is 9.62. The van der Waals surface area contributed by atoms with Gasteiger partial charge in [0, 0.05) is 5.38 Å². The molecule has 0 bridgehead atoms. The average Bonchev–Trinajstić information content (AvgIpc) is 2.81. The summed E-state index contributed by atoms with van der Waals surface area (Å²) in [4.78, 5) is 16.1. The third kappa shape index (κ3) is 3.83. The molecule has 0 radical (unpaired) electrons. The Morgan fingerprint density at radius 3 is 2.58 bits per heavy atom. The van der Waals surface area contributed by atoms with Gasteiger partial charge in [0.2, 0.25) is 5.91 Å². The molecule has 0 aliphatic rings. The highest BCUT2D eigenvalue weighted by atomic mass is 35.5. The summed E-state index contributed by atoms with van der Waals surface area (Å²) in [7, 11) is 0. The lowest BCUT2D eigenvalue weighted by Crippen LogP contribution is -2.15. The Kier molecular flexibility index (Phi) is 5.05. The highest BCUT2D eigenvalue weighted by Gasteiger charge is 2.12. The second-order valence-electron chi connectivity index (χ2n) is 3.69. The molecule has 100 valence electrons. The molecule has 0 spiro atoms. The number of anilines is 1. The van der Waals surface area contributed by atoms with Crippen molar-refractivity contribution in [3.8, 4) is 0 Å². The largest absolute Gasteiger partial charge is 0.323 e. The van der Waals surface area contributed by atoms with Crippen LogP contribution < -0.4 is 5.32 Å². The lowest BCUT2D eigenvalue weighted by molar-refractivity contribution is -0.115. The van der Waals surface area contributed by atoms with Crippen LogP contribution in [0.5, 0.6) is 0 Å². The maximum absolute atomic E-state index is 11.9. The topological polar surface area (TPSA) is 42.0 Å². The number of amides is 1. The maximum Gasteiger partial charge on any atom is 0.231 e. The van der Waals surface area contributed by atoms with Crippen molar-refractivity contribution in [1.29, 1.82) is 0 Å². The summed E-state index contributed by atoms with van der Waals surface area (Å²) in [6, 6.07) is 5.05. The highest BCUT2D eigenvalue weighted by Crippen LogP contribution is 2.29. The molecule has 1 aromatic carbocycles. The minimum absolute atomic E-state index is 0.170. The fourth-order valence-corrected chi connectivity index (χ4v) is 2.94. The highest BCUT2D eigenvalue weighted by molar-refractivity contribution is 7.09. The zero-order chi connectivity index (χ0) is 13.8. The molecule has 0 aliphatic heterocycles. The summed E-state index contributed by atoms with van der Waals surface area (Å²) >= 11 is 19.0. The van der Waals surface area contributed by atoms with Gasteiger partial charge in [-0.05, 0) is 12.1 Å². The molecule has 19 heavy (non-hydrogen) atoms. The molecule has 2 aromatic rings. The van der Waals surface area contributed by atoms with Crippen LogP contribution in [0.4, 0.5) is 5.69 Å². The van der Waals surface area contributed by atoms with Gasteiger partial charge in [-0.25, -0.2) is 4.98 Å². The first kappa shape index (κ1) is 14.6. The van der Waals surface area contributed by atoms with Gasteiger partial charge >= 0.3 is 0 Å². The third-order valence-corrected chi connectivity index (χ3v) is 4.08. The number of carbonyl (C=O) groups excluding carboxylic acids is 1. The van der Waals surface area contributed by atoms with E-state index in [-0.39, 0.29) is 12.3 Å². The monoisotopic (exact) mass is 334 g/mol. The van der Waals surface area contributed by atoms with Crippen LogP contribution >= 0.6 is 46.1 Å². The smallest absolute Gasteiger partial charge is 0.231 e. The molecule has 1 N–H and O–H groups in total. The summed E-state index contributed by atoms with van der Waals surface area (Å²) < 4.78 is 0. The van der Waals surface area contributed by atoms with Gasteiger partial charge in [-0.1, -0.05) is 29.3 Å². The lowest BCUT2D eigenvalue weighted by atomic mass is 10.3. The van der Waals surface area contributed by atoms with Crippen LogP contribution in [-0.4, -0.2) is 10.9 Å². The van der Waals surface area contributed by atoms with Crippen molar-refractivity contribution in [2.45, 2.75) is 12.3 Å². The van der Waals surface area contributed by atoms with E-state index in [1.807, 2.05) is 5.38 Å². The fourth-order valence-electron chi connectivity index (χ4n) is 1.43. The molecule has 0 saturated carbocycles. The number of benzene rings is 1. The van der Waals surface area contributed by atoms with Gasteiger partial charge in [0.15, 0.2) is 0 Å². The molecule has 1 aromatic heterocycles. The van der Waals surface area contributed by atoms with E-state index < -0.39 is 0 Å². The van der Waals surface area contributed by atoms with E-state index >= 15 is 0 Å². The van der Waals surface area contributed by atoms with Crippen molar-refractivity contribution in [3.05, 3.63) is 44.3 Å². The normalized spacial score (nSPS) is 10.5. The zero-order valence-corrected chi connectivity index (χ0v) is 12.7. The first-order valence-electron chi connectivity index (χ1n) is 5.33. The van der Waals surface area contributed by atoms with Crippen molar-refractivity contribution < 1.29 is 4.79 Å². The summed E-state index contributed by atoms with van der Waals surface area (Å²) in [6.07, 6.45) is 0.170. The van der Waals surface area contributed by atoms with Crippen LogP contribution in [0.15, 0.2) is 23.6 Å². The number of aromatic nitrogens is 1. The summed E-state index contributed by atoms with van der Waals surface area (Å²) in [5.74, 6) is 0.125. The average molecular weight is 336 g/mol. The Balaban J connectivity index is 2.05. The van der Waals surface area contributed by atoms with Crippen molar-refractivity contribution in [2.75, 3.05) is 5.32 Å².